The Morgan fingerprint density at radius 1 is 1.36 bits per heavy atom. The summed E-state index contributed by atoms with van der Waals surface area (Å²) in [6.07, 6.45) is 2.86. The molecule has 3 rings (SSSR count). The number of hydrogen-bond acceptors (Lipinski definition) is 4. The first-order valence-electron chi connectivity index (χ1n) is 5.01. The van der Waals surface area contributed by atoms with E-state index < -0.39 is 0 Å². The molecule has 1 aliphatic heterocycles. The van der Waals surface area contributed by atoms with Gasteiger partial charge in [-0.15, -0.1) is 11.3 Å². The van der Waals surface area contributed by atoms with E-state index in [9.17, 15) is 0 Å². The van der Waals surface area contributed by atoms with Gasteiger partial charge in [0.15, 0.2) is 5.79 Å². The molecule has 0 N–H and O–H groups in total. The van der Waals surface area contributed by atoms with Gasteiger partial charge in [-0.25, -0.2) is 4.98 Å². The summed E-state index contributed by atoms with van der Waals surface area (Å²) in [6.45, 7) is 3.55. The smallest absolute Gasteiger partial charge is 0.173 e. The van der Waals surface area contributed by atoms with Crippen molar-refractivity contribution in [3.63, 3.8) is 0 Å². The van der Waals surface area contributed by atoms with Gasteiger partial charge >= 0.3 is 0 Å². The van der Waals surface area contributed by atoms with Crippen molar-refractivity contribution in [1.29, 1.82) is 0 Å². The van der Waals surface area contributed by atoms with E-state index in [1.807, 2.05) is 0 Å². The van der Waals surface area contributed by atoms with E-state index in [2.05, 4.69) is 11.9 Å². The molecule has 4 heteroatoms. The van der Waals surface area contributed by atoms with Crippen molar-refractivity contribution in [3.8, 4) is 0 Å². The summed E-state index contributed by atoms with van der Waals surface area (Å²) in [6, 6.07) is 0. The van der Waals surface area contributed by atoms with Gasteiger partial charge in [0.1, 0.15) is 0 Å². The molecule has 1 spiro atoms. The summed E-state index contributed by atoms with van der Waals surface area (Å²) in [7, 11) is 0. The van der Waals surface area contributed by atoms with Gasteiger partial charge in [-0.2, -0.15) is 0 Å². The standard InChI is InChI=1S/C10H13NO2S/c1-7-11-8-2-3-10(6-9(8)14-7)12-4-5-13-10/h2-6H2,1H3. The molecule has 1 aliphatic carbocycles. The van der Waals surface area contributed by atoms with Crippen LogP contribution in [0, 0.1) is 6.92 Å². The Hall–Kier alpha value is -0.450. The van der Waals surface area contributed by atoms with Crippen molar-refractivity contribution >= 4 is 11.3 Å². The van der Waals surface area contributed by atoms with E-state index in [1.54, 1.807) is 11.3 Å². The minimum absolute atomic E-state index is 0.300. The highest BCUT2D eigenvalue weighted by molar-refractivity contribution is 7.11. The van der Waals surface area contributed by atoms with Gasteiger partial charge in [-0.05, 0) is 13.3 Å². The molecule has 1 fully saturated rings. The molecule has 0 unspecified atom stereocenters. The van der Waals surface area contributed by atoms with Crippen LogP contribution in [0.1, 0.15) is 22.0 Å². The quantitative estimate of drug-likeness (QED) is 0.654. The SMILES string of the molecule is Cc1nc2c(s1)CC1(CC2)OCCO1. The Morgan fingerprint density at radius 2 is 2.14 bits per heavy atom. The molecule has 0 aromatic carbocycles. The van der Waals surface area contributed by atoms with Crippen LogP contribution in [-0.2, 0) is 22.3 Å². The monoisotopic (exact) mass is 211 g/mol. The fourth-order valence-corrected chi connectivity index (χ4v) is 3.30. The van der Waals surface area contributed by atoms with E-state index in [0.29, 0.717) is 0 Å². The second-order valence-corrected chi connectivity index (χ2v) is 5.17. The topological polar surface area (TPSA) is 31.4 Å². The van der Waals surface area contributed by atoms with Crippen molar-refractivity contribution in [3.05, 3.63) is 15.6 Å². The lowest BCUT2D eigenvalue weighted by atomic mass is 9.96. The Bertz CT molecular complexity index is 355. The van der Waals surface area contributed by atoms with Crippen LogP contribution in [0.2, 0.25) is 0 Å². The maximum Gasteiger partial charge on any atom is 0.173 e. The Kier molecular flexibility index (Phi) is 1.90. The predicted molar refractivity (Wildman–Crippen MR) is 53.5 cm³/mol. The normalized spacial score (nSPS) is 24.1. The number of thiazole rings is 1. The van der Waals surface area contributed by atoms with Gasteiger partial charge in [-0.1, -0.05) is 0 Å². The zero-order chi connectivity index (χ0) is 9.60. The minimum atomic E-state index is -0.300. The van der Waals surface area contributed by atoms with Crippen LogP contribution in [0.25, 0.3) is 0 Å². The van der Waals surface area contributed by atoms with Crippen LogP contribution in [0.15, 0.2) is 0 Å². The van der Waals surface area contributed by atoms with Gasteiger partial charge < -0.3 is 9.47 Å². The van der Waals surface area contributed by atoms with Gasteiger partial charge in [0.25, 0.3) is 0 Å². The molecule has 1 saturated heterocycles. The van der Waals surface area contributed by atoms with E-state index in [4.69, 9.17) is 9.47 Å². The Morgan fingerprint density at radius 3 is 2.93 bits per heavy atom. The van der Waals surface area contributed by atoms with Crippen LogP contribution >= 0.6 is 11.3 Å². The molecule has 2 heterocycles. The highest BCUT2D eigenvalue weighted by atomic mass is 32.1. The maximum absolute atomic E-state index is 5.70. The molecule has 0 amide bonds. The lowest BCUT2D eigenvalue weighted by Gasteiger charge is -2.30. The number of nitrogens with zero attached hydrogens (tertiary/aromatic N) is 1. The van der Waals surface area contributed by atoms with Crippen LogP contribution in [0.5, 0.6) is 0 Å². The van der Waals surface area contributed by atoms with Crippen molar-refractivity contribution in [2.24, 2.45) is 0 Å². The summed E-state index contributed by atoms with van der Waals surface area (Å²) in [5, 5.41) is 1.16. The molecular weight excluding hydrogens is 198 g/mol. The van der Waals surface area contributed by atoms with Crippen molar-refractivity contribution in [2.75, 3.05) is 13.2 Å². The predicted octanol–water partition coefficient (Wildman–Crippen LogP) is 1.68. The molecule has 1 aromatic rings. The molecule has 2 aliphatic rings. The maximum atomic E-state index is 5.70. The van der Waals surface area contributed by atoms with Crippen LogP contribution in [0.4, 0.5) is 0 Å². The number of hydrogen-bond donors (Lipinski definition) is 0. The fraction of sp³-hybridized carbons (Fsp3) is 0.700. The van der Waals surface area contributed by atoms with Gasteiger partial charge in [0, 0.05) is 17.7 Å². The molecule has 0 saturated carbocycles. The summed E-state index contributed by atoms with van der Waals surface area (Å²) in [5.74, 6) is -0.300. The second-order valence-electron chi connectivity index (χ2n) is 3.89. The molecule has 0 atom stereocenters. The number of aryl methyl sites for hydroxylation is 2. The third kappa shape index (κ3) is 1.29. The van der Waals surface area contributed by atoms with Gasteiger partial charge in [0.2, 0.25) is 0 Å². The van der Waals surface area contributed by atoms with Gasteiger partial charge in [0.05, 0.1) is 23.9 Å². The van der Waals surface area contributed by atoms with Crippen LogP contribution in [0.3, 0.4) is 0 Å². The number of fused-ring (bicyclic) bond motifs is 1. The average Bonchev–Trinajstić information content (AvgIpc) is 2.72. The van der Waals surface area contributed by atoms with Gasteiger partial charge in [-0.3, -0.25) is 0 Å². The summed E-state index contributed by atoms with van der Waals surface area (Å²) in [5.41, 5.74) is 1.26. The van der Waals surface area contributed by atoms with Crippen molar-refractivity contribution in [2.45, 2.75) is 32.0 Å². The molecule has 3 nitrogen and oxygen atoms in total. The molecule has 1 aromatic heterocycles. The Balaban J connectivity index is 1.92. The second kappa shape index (κ2) is 3.02. The van der Waals surface area contributed by atoms with Crippen LogP contribution < -0.4 is 0 Å². The highest BCUT2D eigenvalue weighted by Gasteiger charge is 2.40. The summed E-state index contributed by atoms with van der Waals surface area (Å²) >= 11 is 1.78. The molecule has 14 heavy (non-hydrogen) atoms. The van der Waals surface area contributed by atoms with E-state index >= 15 is 0 Å². The molecule has 0 radical (unpaired) electrons. The first-order valence-corrected chi connectivity index (χ1v) is 5.82. The highest BCUT2D eigenvalue weighted by Crippen LogP contribution is 2.37. The zero-order valence-electron chi connectivity index (χ0n) is 8.21. The van der Waals surface area contributed by atoms with Crippen molar-refractivity contribution < 1.29 is 9.47 Å². The average molecular weight is 211 g/mol. The third-order valence-electron chi connectivity index (χ3n) is 2.87. The summed E-state index contributed by atoms with van der Waals surface area (Å²) in [4.78, 5) is 5.87. The number of rotatable bonds is 0. The van der Waals surface area contributed by atoms with E-state index in [-0.39, 0.29) is 5.79 Å². The lowest BCUT2D eigenvalue weighted by Crippen LogP contribution is -2.36. The molecular formula is C10H13NO2S. The summed E-state index contributed by atoms with van der Waals surface area (Å²) < 4.78 is 11.4. The van der Waals surface area contributed by atoms with E-state index in [1.165, 1.54) is 10.6 Å². The largest absolute Gasteiger partial charge is 0.347 e. The molecule has 76 valence electrons. The van der Waals surface area contributed by atoms with Crippen LogP contribution in [-0.4, -0.2) is 24.0 Å². The number of aromatic nitrogens is 1. The lowest BCUT2D eigenvalue weighted by molar-refractivity contribution is -0.163. The van der Waals surface area contributed by atoms with E-state index in [0.717, 1.165) is 37.5 Å². The Labute approximate surface area is 87.1 Å². The first-order chi connectivity index (χ1) is 6.77. The fourth-order valence-electron chi connectivity index (χ4n) is 2.23. The van der Waals surface area contributed by atoms with Crippen molar-refractivity contribution in [1.82, 2.24) is 4.98 Å². The molecule has 0 bridgehead atoms. The number of ether oxygens (including phenoxy) is 2. The minimum Gasteiger partial charge on any atom is -0.347 e. The first kappa shape index (κ1) is 8.83. The zero-order valence-corrected chi connectivity index (χ0v) is 9.02. The third-order valence-corrected chi connectivity index (χ3v) is 3.88.